The number of nitro groups is 1. The number of amides is 1. The molecule has 1 aliphatic heterocycles. The normalized spacial score (nSPS) is 13.8. The van der Waals surface area contributed by atoms with Crippen LogP contribution in [0.25, 0.3) is 6.08 Å². The standard InChI is InChI=1S/C18H16N2O3/c21-18(12-9-14-7-10-16(11-8-14)20(22)23)19-13-3-5-15-4-1-2-6-17(15)19/h1-2,4,6-12H,3,5,13H2. The molecule has 1 heterocycles. The lowest BCUT2D eigenvalue weighted by Gasteiger charge is -2.28. The molecule has 0 saturated heterocycles. The number of fused-ring (bicyclic) bond motifs is 1. The summed E-state index contributed by atoms with van der Waals surface area (Å²) in [6.45, 7) is 0.709. The highest BCUT2D eigenvalue weighted by Crippen LogP contribution is 2.27. The second kappa shape index (κ2) is 6.44. The van der Waals surface area contributed by atoms with Gasteiger partial charge in [0, 0.05) is 30.4 Å². The second-order valence-electron chi connectivity index (χ2n) is 5.40. The molecule has 0 spiro atoms. The Hall–Kier alpha value is -2.95. The fourth-order valence-electron chi connectivity index (χ4n) is 2.73. The zero-order valence-corrected chi connectivity index (χ0v) is 12.5. The van der Waals surface area contributed by atoms with Crippen molar-refractivity contribution in [3.05, 3.63) is 75.8 Å². The molecule has 3 rings (SSSR count). The van der Waals surface area contributed by atoms with Crippen molar-refractivity contribution in [1.29, 1.82) is 0 Å². The van der Waals surface area contributed by atoms with E-state index in [9.17, 15) is 14.9 Å². The van der Waals surface area contributed by atoms with Gasteiger partial charge in [0.05, 0.1) is 4.92 Å². The van der Waals surface area contributed by atoms with E-state index in [1.165, 1.54) is 23.8 Å². The first-order chi connectivity index (χ1) is 11.1. The van der Waals surface area contributed by atoms with E-state index < -0.39 is 4.92 Å². The van der Waals surface area contributed by atoms with E-state index in [2.05, 4.69) is 6.07 Å². The van der Waals surface area contributed by atoms with Gasteiger partial charge in [-0.15, -0.1) is 0 Å². The number of nitrogens with zero attached hydrogens (tertiary/aromatic N) is 2. The van der Waals surface area contributed by atoms with Crippen LogP contribution in [0.1, 0.15) is 17.5 Å². The molecule has 23 heavy (non-hydrogen) atoms. The van der Waals surface area contributed by atoms with Crippen LogP contribution >= 0.6 is 0 Å². The lowest BCUT2D eigenvalue weighted by molar-refractivity contribution is -0.384. The number of nitro benzene ring substituents is 1. The van der Waals surface area contributed by atoms with E-state index in [1.54, 1.807) is 23.1 Å². The first-order valence-electron chi connectivity index (χ1n) is 7.47. The SMILES string of the molecule is O=C(C=Cc1ccc([N+](=O)[O-])cc1)N1CCCc2ccccc21. The Bertz CT molecular complexity index is 766. The third kappa shape index (κ3) is 3.29. The van der Waals surface area contributed by atoms with Crippen molar-refractivity contribution in [2.24, 2.45) is 0 Å². The van der Waals surface area contributed by atoms with Crippen LogP contribution in [-0.4, -0.2) is 17.4 Å². The monoisotopic (exact) mass is 308 g/mol. The van der Waals surface area contributed by atoms with E-state index in [0.717, 1.165) is 24.1 Å². The number of hydrogen-bond acceptors (Lipinski definition) is 3. The Kier molecular flexibility index (Phi) is 4.19. The summed E-state index contributed by atoms with van der Waals surface area (Å²) < 4.78 is 0. The summed E-state index contributed by atoms with van der Waals surface area (Å²) in [4.78, 5) is 24.4. The van der Waals surface area contributed by atoms with Gasteiger partial charge in [-0.1, -0.05) is 18.2 Å². The lowest BCUT2D eigenvalue weighted by atomic mass is 10.0. The molecule has 0 N–H and O–H groups in total. The molecule has 0 saturated carbocycles. The van der Waals surface area contributed by atoms with Crippen LogP contribution < -0.4 is 4.90 Å². The van der Waals surface area contributed by atoms with Crippen molar-refractivity contribution in [2.45, 2.75) is 12.8 Å². The van der Waals surface area contributed by atoms with Gasteiger partial charge in [0.15, 0.2) is 0 Å². The largest absolute Gasteiger partial charge is 0.309 e. The van der Waals surface area contributed by atoms with Crippen LogP contribution in [0, 0.1) is 10.1 Å². The molecule has 5 heteroatoms. The molecule has 0 aromatic heterocycles. The smallest absolute Gasteiger partial charge is 0.269 e. The van der Waals surface area contributed by atoms with Gasteiger partial charge in [-0.2, -0.15) is 0 Å². The van der Waals surface area contributed by atoms with E-state index in [1.807, 2.05) is 18.2 Å². The van der Waals surface area contributed by atoms with Crippen LogP contribution in [0.4, 0.5) is 11.4 Å². The van der Waals surface area contributed by atoms with Crippen LogP contribution in [0.3, 0.4) is 0 Å². The highest BCUT2D eigenvalue weighted by Gasteiger charge is 2.20. The Morgan fingerprint density at radius 1 is 1.13 bits per heavy atom. The van der Waals surface area contributed by atoms with Crippen LogP contribution in [0.5, 0.6) is 0 Å². The lowest BCUT2D eigenvalue weighted by Crippen LogP contribution is -2.34. The Balaban J connectivity index is 1.76. The molecule has 2 aromatic rings. The number of hydrogen-bond donors (Lipinski definition) is 0. The molecule has 0 fully saturated rings. The van der Waals surface area contributed by atoms with Gasteiger partial charge in [-0.3, -0.25) is 14.9 Å². The number of aryl methyl sites for hydroxylation is 1. The fraction of sp³-hybridized carbons (Fsp3) is 0.167. The summed E-state index contributed by atoms with van der Waals surface area (Å²) in [7, 11) is 0. The molecule has 116 valence electrons. The second-order valence-corrected chi connectivity index (χ2v) is 5.40. The summed E-state index contributed by atoms with van der Waals surface area (Å²) >= 11 is 0. The molecular weight excluding hydrogens is 292 g/mol. The van der Waals surface area contributed by atoms with Gasteiger partial charge >= 0.3 is 0 Å². The number of carbonyl (C=O) groups is 1. The van der Waals surface area contributed by atoms with E-state index in [-0.39, 0.29) is 11.6 Å². The topological polar surface area (TPSA) is 63.4 Å². The average Bonchev–Trinajstić information content (AvgIpc) is 2.59. The molecule has 0 aliphatic carbocycles. The van der Waals surface area contributed by atoms with Crippen molar-refractivity contribution in [2.75, 3.05) is 11.4 Å². The molecule has 1 amide bonds. The quantitative estimate of drug-likeness (QED) is 0.494. The van der Waals surface area contributed by atoms with E-state index >= 15 is 0 Å². The van der Waals surface area contributed by atoms with Crippen LogP contribution in [-0.2, 0) is 11.2 Å². The number of para-hydroxylation sites is 1. The molecule has 0 bridgehead atoms. The minimum atomic E-state index is -0.441. The van der Waals surface area contributed by atoms with Gasteiger partial charge in [-0.25, -0.2) is 0 Å². The first kappa shape index (κ1) is 15.0. The van der Waals surface area contributed by atoms with Gasteiger partial charge < -0.3 is 4.90 Å². The van der Waals surface area contributed by atoms with Crippen molar-refractivity contribution >= 4 is 23.4 Å². The number of benzene rings is 2. The van der Waals surface area contributed by atoms with Crippen LogP contribution in [0.2, 0.25) is 0 Å². The minimum Gasteiger partial charge on any atom is -0.309 e. The first-order valence-corrected chi connectivity index (χ1v) is 7.47. The maximum Gasteiger partial charge on any atom is 0.269 e. The zero-order valence-electron chi connectivity index (χ0n) is 12.5. The highest BCUT2D eigenvalue weighted by atomic mass is 16.6. The fourth-order valence-corrected chi connectivity index (χ4v) is 2.73. The van der Waals surface area contributed by atoms with Gasteiger partial charge in [0.2, 0.25) is 0 Å². The number of non-ortho nitro benzene ring substituents is 1. The Morgan fingerprint density at radius 3 is 2.61 bits per heavy atom. The molecule has 0 radical (unpaired) electrons. The van der Waals surface area contributed by atoms with Crippen molar-refractivity contribution in [3.8, 4) is 0 Å². The van der Waals surface area contributed by atoms with E-state index in [0.29, 0.717) is 6.54 Å². The third-order valence-electron chi connectivity index (χ3n) is 3.90. The summed E-state index contributed by atoms with van der Waals surface area (Å²) in [5, 5.41) is 10.6. The molecule has 5 nitrogen and oxygen atoms in total. The van der Waals surface area contributed by atoms with Gasteiger partial charge in [0.25, 0.3) is 11.6 Å². The average molecular weight is 308 g/mol. The highest BCUT2D eigenvalue weighted by molar-refractivity contribution is 6.04. The number of carbonyl (C=O) groups excluding carboxylic acids is 1. The Labute approximate surface area is 134 Å². The van der Waals surface area contributed by atoms with Crippen molar-refractivity contribution in [3.63, 3.8) is 0 Å². The van der Waals surface area contributed by atoms with Crippen molar-refractivity contribution < 1.29 is 9.72 Å². The predicted molar refractivity (Wildman–Crippen MR) is 89.2 cm³/mol. The molecular formula is C18H16N2O3. The predicted octanol–water partition coefficient (Wildman–Crippen LogP) is 3.59. The molecule has 0 atom stereocenters. The summed E-state index contributed by atoms with van der Waals surface area (Å²) in [6.07, 6.45) is 5.15. The van der Waals surface area contributed by atoms with Gasteiger partial charge in [0.1, 0.15) is 0 Å². The van der Waals surface area contributed by atoms with Gasteiger partial charge in [-0.05, 0) is 48.2 Å². The summed E-state index contributed by atoms with van der Waals surface area (Å²) in [6, 6.07) is 14.1. The number of anilines is 1. The van der Waals surface area contributed by atoms with Crippen molar-refractivity contribution in [1.82, 2.24) is 0 Å². The van der Waals surface area contributed by atoms with Crippen LogP contribution in [0.15, 0.2) is 54.6 Å². The minimum absolute atomic E-state index is 0.0402. The molecule has 1 aliphatic rings. The third-order valence-corrected chi connectivity index (χ3v) is 3.90. The maximum atomic E-state index is 12.4. The summed E-state index contributed by atoms with van der Waals surface area (Å²) in [5.41, 5.74) is 2.96. The summed E-state index contributed by atoms with van der Waals surface area (Å²) in [5.74, 6) is -0.0736. The number of rotatable bonds is 3. The van der Waals surface area contributed by atoms with E-state index in [4.69, 9.17) is 0 Å². The Morgan fingerprint density at radius 2 is 1.87 bits per heavy atom. The molecule has 0 unspecified atom stereocenters. The maximum absolute atomic E-state index is 12.4. The zero-order chi connectivity index (χ0) is 16.2. The molecule has 2 aromatic carbocycles.